The molecule has 1 aliphatic heterocycles. The second-order valence-electron chi connectivity index (χ2n) is 9.38. The van der Waals surface area contributed by atoms with Crippen molar-refractivity contribution in [2.24, 2.45) is 0 Å². The fourth-order valence-corrected chi connectivity index (χ4v) is 4.80. The van der Waals surface area contributed by atoms with Gasteiger partial charge in [0.1, 0.15) is 23.9 Å². The van der Waals surface area contributed by atoms with Gasteiger partial charge in [-0.2, -0.15) is 0 Å². The lowest BCUT2D eigenvalue weighted by atomic mass is 10.0. The lowest BCUT2D eigenvalue weighted by Crippen LogP contribution is -2.49. The molecule has 2 aromatic heterocycles. The Balaban J connectivity index is 1.76. The summed E-state index contributed by atoms with van der Waals surface area (Å²) in [5.74, 6) is 2.40. The predicted molar refractivity (Wildman–Crippen MR) is 145 cm³/mol. The topological polar surface area (TPSA) is 114 Å². The molecule has 1 aromatic carbocycles. The van der Waals surface area contributed by atoms with Gasteiger partial charge < -0.3 is 28.9 Å². The first-order valence-corrected chi connectivity index (χ1v) is 13.1. The lowest BCUT2D eigenvalue weighted by molar-refractivity contribution is 0.0994. The van der Waals surface area contributed by atoms with Crippen molar-refractivity contribution in [2.75, 3.05) is 44.8 Å². The third-order valence-electron chi connectivity index (χ3n) is 6.65. The van der Waals surface area contributed by atoms with Crippen LogP contribution in [0, 0.1) is 20.8 Å². The van der Waals surface area contributed by atoms with Crippen molar-refractivity contribution in [3.05, 3.63) is 40.2 Å². The molecule has 0 unspecified atom stereocenters. The van der Waals surface area contributed by atoms with Crippen LogP contribution in [0.5, 0.6) is 5.75 Å². The third-order valence-corrected chi connectivity index (χ3v) is 6.97. The van der Waals surface area contributed by atoms with Crippen molar-refractivity contribution in [3.63, 3.8) is 0 Å². The Morgan fingerprint density at radius 1 is 1.18 bits per heavy atom. The number of carbonyl (C=O) groups excluding carboxylic acids is 1. The molecule has 1 saturated heterocycles. The number of nitrogens with zero attached hydrogens (tertiary/aromatic N) is 5. The molecule has 1 atom stereocenters. The molecule has 204 valence electrons. The summed E-state index contributed by atoms with van der Waals surface area (Å²) >= 11 is 6.64. The Kier molecular flexibility index (Phi) is 8.73. The molecule has 0 saturated carbocycles. The van der Waals surface area contributed by atoms with Gasteiger partial charge in [0, 0.05) is 37.3 Å². The zero-order chi connectivity index (χ0) is 27.4. The van der Waals surface area contributed by atoms with Gasteiger partial charge in [0.15, 0.2) is 5.82 Å². The van der Waals surface area contributed by atoms with Crippen LogP contribution in [-0.2, 0) is 4.74 Å². The van der Waals surface area contributed by atoms with E-state index in [4.69, 9.17) is 35.6 Å². The van der Waals surface area contributed by atoms with Crippen molar-refractivity contribution in [1.82, 2.24) is 20.0 Å². The molecule has 1 fully saturated rings. The smallest absolute Gasteiger partial charge is 0.409 e. The summed E-state index contributed by atoms with van der Waals surface area (Å²) in [6.07, 6.45) is 0.647. The summed E-state index contributed by atoms with van der Waals surface area (Å²) in [5.41, 5.74) is 3.73. The van der Waals surface area contributed by atoms with Crippen LogP contribution >= 0.6 is 11.6 Å². The van der Waals surface area contributed by atoms with E-state index in [1.54, 1.807) is 23.1 Å². The maximum absolute atomic E-state index is 12.0. The second-order valence-corrected chi connectivity index (χ2v) is 9.79. The zero-order valence-corrected chi connectivity index (χ0v) is 23.2. The van der Waals surface area contributed by atoms with E-state index in [9.17, 15) is 9.90 Å². The highest BCUT2D eigenvalue weighted by Crippen LogP contribution is 2.37. The van der Waals surface area contributed by atoms with Gasteiger partial charge in [-0.05, 0) is 45.4 Å². The molecule has 1 amide bonds. The molecule has 0 bridgehead atoms. The number of aryl methyl sites for hydroxylation is 2. The van der Waals surface area contributed by atoms with Crippen molar-refractivity contribution < 1.29 is 23.9 Å². The standard InChI is InChI=1S/C27H34ClN5O5/c1-6-7-19(34)15-37-20-8-9-22(28)21(14-20)25-29-24(23-17(3)31-38-18(23)4)16(2)26(30-25)32-10-12-33(13-11-32)27(35)36-5/h8-9,14,19,34H,6-7,10-13,15H2,1-5H3/t19-/m1/s1. The number of methoxy groups -OCH3 is 1. The number of benzene rings is 1. The highest BCUT2D eigenvalue weighted by molar-refractivity contribution is 6.33. The maximum atomic E-state index is 12.0. The number of piperazine rings is 1. The van der Waals surface area contributed by atoms with E-state index in [1.807, 2.05) is 27.7 Å². The maximum Gasteiger partial charge on any atom is 0.409 e. The average Bonchev–Trinajstić information content (AvgIpc) is 3.25. The minimum Gasteiger partial charge on any atom is -0.491 e. The number of ether oxygens (including phenoxy) is 2. The fraction of sp³-hybridized carbons (Fsp3) is 0.481. The van der Waals surface area contributed by atoms with E-state index in [2.05, 4.69) is 10.1 Å². The summed E-state index contributed by atoms with van der Waals surface area (Å²) in [7, 11) is 1.39. The number of aliphatic hydroxyl groups excluding tert-OH is 1. The number of hydrogen-bond donors (Lipinski definition) is 1. The molecule has 1 aliphatic rings. The van der Waals surface area contributed by atoms with Crippen LogP contribution in [0.3, 0.4) is 0 Å². The Morgan fingerprint density at radius 3 is 2.55 bits per heavy atom. The van der Waals surface area contributed by atoms with Crippen LogP contribution in [-0.4, -0.2) is 77.2 Å². The minimum atomic E-state index is -0.545. The van der Waals surface area contributed by atoms with E-state index in [1.165, 1.54) is 7.11 Å². The molecule has 11 heteroatoms. The van der Waals surface area contributed by atoms with Crippen molar-refractivity contribution in [2.45, 2.75) is 46.6 Å². The van der Waals surface area contributed by atoms with Crippen LogP contribution in [0.15, 0.2) is 22.7 Å². The molecular formula is C27H34ClN5O5. The molecule has 0 radical (unpaired) electrons. The van der Waals surface area contributed by atoms with Crippen molar-refractivity contribution in [3.8, 4) is 28.4 Å². The number of aromatic nitrogens is 3. The number of amides is 1. The van der Waals surface area contributed by atoms with Crippen LogP contribution in [0.2, 0.25) is 5.02 Å². The van der Waals surface area contributed by atoms with Crippen LogP contribution < -0.4 is 9.64 Å². The van der Waals surface area contributed by atoms with Crippen LogP contribution in [0.25, 0.3) is 22.6 Å². The molecule has 38 heavy (non-hydrogen) atoms. The second kappa shape index (κ2) is 12.0. The average molecular weight is 544 g/mol. The molecule has 0 aliphatic carbocycles. The van der Waals surface area contributed by atoms with E-state index in [-0.39, 0.29) is 12.7 Å². The van der Waals surface area contributed by atoms with E-state index in [0.717, 1.165) is 29.1 Å². The normalized spacial score (nSPS) is 14.5. The first-order chi connectivity index (χ1) is 18.2. The monoisotopic (exact) mass is 543 g/mol. The zero-order valence-electron chi connectivity index (χ0n) is 22.5. The van der Waals surface area contributed by atoms with Gasteiger partial charge >= 0.3 is 6.09 Å². The Bertz CT molecular complexity index is 1270. The van der Waals surface area contributed by atoms with Crippen molar-refractivity contribution >= 4 is 23.5 Å². The quantitative estimate of drug-likeness (QED) is 0.427. The summed E-state index contributed by atoms with van der Waals surface area (Å²) in [5, 5.41) is 14.7. The summed E-state index contributed by atoms with van der Waals surface area (Å²) in [6, 6.07) is 5.30. The number of rotatable bonds is 8. The Hall–Kier alpha value is -3.37. The third kappa shape index (κ3) is 5.86. The molecular weight excluding hydrogens is 510 g/mol. The van der Waals surface area contributed by atoms with Gasteiger partial charge in [-0.25, -0.2) is 14.8 Å². The summed E-state index contributed by atoms with van der Waals surface area (Å²) in [4.78, 5) is 25.7. The Labute approximate surface area is 227 Å². The number of halogens is 1. The fourth-order valence-electron chi connectivity index (χ4n) is 4.60. The minimum absolute atomic E-state index is 0.184. The van der Waals surface area contributed by atoms with E-state index in [0.29, 0.717) is 66.2 Å². The number of hydrogen-bond acceptors (Lipinski definition) is 9. The molecule has 1 N–H and O–H groups in total. The van der Waals surface area contributed by atoms with E-state index >= 15 is 0 Å². The van der Waals surface area contributed by atoms with Gasteiger partial charge in [0.2, 0.25) is 0 Å². The van der Waals surface area contributed by atoms with Gasteiger partial charge in [-0.3, -0.25) is 0 Å². The number of aliphatic hydroxyl groups is 1. The first-order valence-electron chi connectivity index (χ1n) is 12.7. The summed E-state index contributed by atoms with van der Waals surface area (Å²) in [6.45, 7) is 10.1. The molecule has 4 rings (SSSR count). The van der Waals surface area contributed by atoms with Gasteiger partial charge in [-0.1, -0.05) is 30.1 Å². The summed E-state index contributed by atoms with van der Waals surface area (Å²) < 4.78 is 16.2. The van der Waals surface area contributed by atoms with Crippen LogP contribution in [0.1, 0.15) is 36.8 Å². The SMILES string of the molecule is CCC[C@@H](O)COc1ccc(Cl)c(-c2nc(-c3c(C)noc3C)c(C)c(N3CCN(C(=O)OC)CC3)n2)c1. The van der Waals surface area contributed by atoms with E-state index < -0.39 is 6.10 Å². The van der Waals surface area contributed by atoms with Crippen molar-refractivity contribution in [1.29, 1.82) is 0 Å². The molecule has 3 heterocycles. The van der Waals surface area contributed by atoms with Gasteiger partial charge in [0.05, 0.1) is 35.2 Å². The predicted octanol–water partition coefficient (Wildman–Crippen LogP) is 4.81. The molecule has 10 nitrogen and oxygen atoms in total. The molecule has 3 aromatic rings. The van der Waals surface area contributed by atoms with Crippen LogP contribution in [0.4, 0.5) is 10.6 Å². The number of carbonyl (C=O) groups is 1. The highest BCUT2D eigenvalue weighted by atomic mass is 35.5. The first kappa shape index (κ1) is 27.7. The Morgan fingerprint density at radius 2 is 1.92 bits per heavy atom. The largest absolute Gasteiger partial charge is 0.491 e. The highest BCUT2D eigenvalue weighted by Gasteiger charge is 2.27. The lowest BCUT2D eigenvalue weighted by Gasteiger charge is -2.35. The number of anilines is 1. The van der Waals surface area contributed by atoms with Gasteiger partial charge in [-0.15, -0.1) is 0 Å². The van der Waals surface area contributed by atoms with Gasteiger partial charge in [0.25, 0.3) is 0 Å². The molecule has 0 spiro atoms.